The van der Waals surface area contributed by atoms with Crippen LogP contribution in [-0.2, 0) is 10.0 Å². The van der Waals surface area contributed by atoms with Crippen molar-refractivity contribution >= 4 is 44.8 Å². The molecule has 0 saturated carbocycles. The number of amides is 1. The molecule has 2 aromatic rings. The van der Waals surface area contributed by atoms with Crippen LogP contribution < -0.4 is 10.5 Å². The van der Waals surface area contributed by atoms with Crippen LogP contribution in [0.1, 0.15) is 10.5 Å². The van der Waals surface area contributed by atoms with E-state index in [1.54, 1.807) is 0 Å². The van der Waals surface area contributed by atoms with E-state index in [1.807, 2.05) is 0 Å². The van der Waals surface area contributed by atoms with Crippen molar-refractivity contribution in [2.75, 3.05) is 5.32 Å². The first-order valence-electron chi connectivity index (χ1n) is 5.52. The maximum absolute atomic E-state index is 12.0. The number of carbonyl (C=O) groups excluding carboxylic acids is 1. The molecule has 0 aliphatic rings. The Morgan fingerprint density at radius 3 is 2.48 bits per heavy atom. The van der Waals surface area contributed by atoms with Gasteiger partial charge in [-0.1, -0.05) is 23.2 Å². The average molecular weight is 346 g/mol. The Bertz CT molecular complexity index is 792. The van der Waals surface area contributed by atoms with Crippen molar-refractivity contribution in [1.82, 2.24) is 4.98 Å². The van der Waals surface area contributed by atoms with Crippen molar-refractivity contribution in [3.63, 3.8) is 0 Å². The maximum atomic E-state index is 12.0. The van der Waals surface area contributed by atoms with Gasteiger partial charge in [-0.2, -0.15) is 0 Å². The van der Waals surface area contributed by atoms with Crippen LogP contribution in [0, 0.1) is 0 Å². The number of nitrogens with one attached hydrogen (secondary N) is 1. The molecule has 0 radical (unpaired) electrons. The van der Waals surface area contributed by atoms with E-state index in [4.69, 9.17) is 28.3 Å². The normalized spacial score (nSPS) is 11.2. The lowest BCUT2D eigenvalue weighted by atomic mass is 10.3. The first kappa shape index (κ1) is 15.7. The third kappa shape index (κ3) is 3.92. The predicted molar refractivity (Wildman–Crippen MR) is 80.0 cm³/mol. The Hall–Kier alpha value is -1.67. The van der Waals surface area contributed by atoms with Crippen molar-refractivity contribution < 1.29 is 13.2 Å². The quantitative estimate of drug-likeness (QED) is 0.890. The lowest BCUT2D eigenvalue weighted by Crippen LogP contribution is -2.16. The summed E-state index contributed by atoms with van der Waals surface area (Å²) in [7, 11) is -3.89. The first-order valence-corrected chi connectivity index (χ1v) is 7.83. The van der Waals surface area contributed by atoms with Gasteiger partial charge in [0.05, 0.1) is 20.6 Å². The molecule has 1 heterocycles. The number of hydrogen-bond acceptors (Lipinski definition) is 4. The number of carbonyl (C=O) groups is 1. The SMILES string of the molecule is NS(=O)(=O)c1ccc(Cl)c(NC(=O)c2ccc(Cl)cn2)c1. The first-order chi connectivity index (χ1) is 9.77. The van der Waals surface area contributed by atoms with Crippen LogP contribution in [0.3, 0.4) is 0 Å². The van der Waals surface area contributed by atoms with E-state index in [2.05, 4.69) is 10.3 Å². The van der Waals surface area contributed by atoms with E-state index in [1.165, 1.54) is 36.5 Å². The molecule has 0 atom stereocenters. The van der Waals surface area contributed by atoms with Crippen molar-refractivity contribution in [2.24, 2.45) is 5.14 Å². The second-order valence-corrected chi connectivity index (χ2v) is 6.41. The summed E-state index contributed by atoms with van der Waals surface area (Å²) in [5.74, 6) is -0.555. The summed E-state index contributed by atoms with van der Waals surface area (Å²) in [4.78, 5) is 15.7. The molecule has 0 fully saturated rings. The third-order valence-corrected chi connectivity index (χ3v) is 3.94. The van der Waals surface area contributed by atoms with Crippen LogP contribution in [0.15, 0.2) is 41.4 Å². The fourth-order valence-electron chi connectivity index (χ4n) is 1.47. The Balaban J connectivity index is 2.31. The fraction of sp³-hybridized carbons (Fsp3) is 0. The topological polar surface area (TPSA) is 102 Å². The van der Waals surface area contributed by atoms with E-state index in [0.717, 1.165) is 0 Å². The van der Waals surface area contributed by atoms with Crippen LogP contribution in [-0.4, -0.2) is 19.3 Å². The minimum Gasteiger partial charge on any atom is -0.319 e. The number of primary sulfonamides is 1. The van der Waals surface area contributed by atoms with Crippen LogP contribution in [0.5, 0.6) is 0 Å². The van der Waals surface area contributed by atoms with Gasteiger partial charge >= 0.3 is 0 Å². The van der Waals surface area contributed by atoms with E-state index in [0.29, 0.717) is 5.02 Å². The zero-order chi connectivity index (χ0) is 15.6. The zero-order valence-corrected chi connectivity index (χ0v) is 12.7. The number of halogens is 2. The van der Waals surface area contributed by atoms with E-state index >= 15 is 0 Å². The molecular formula is C12H9Cl2N3O3S. The van der Waals surface area contributed by atoms with Gasteiger partial charge in [0.15, 0.2) is 0 Å². The molecule has 1 aromatic carbocycles. The molecule has 0 saturated heterocycles. The van der Waals surface area contributed by atoms with Crippen LogP contribution >= 0.6 is 23.2 Å². The van der Waals surface area contributed by atoms with Gasteiger partial charge in [-0.25, -0.2) is 18.5 Å². The summed E-state index contributed by atoms with van der Waals surface area (Å²) in [6, 6.07) is 6.67. The molecule has 0 aliphatic heterocycles. The highest BCUT2D eigenvalue weighted by atomic mass is 35.5. The highest BCUT2D eigenvalue weighted by Crippen LogP contribution is 2.25. The van der Waals surface area contributed by atoms with Crippen molar-refractivity contribution in [2.45, 2.75) is 4.90 Å². The van der Waals surface area contributed by atoms with Gasteiger partial charge in [-0.3, -0.25) is 4.79 Å². The molecule has 2 rings (SSSR count). The molecule has 0 unspecified atom stereocenters. The number of benzene rings is 1. The van der Waals surface area contributed by atoms with Gasteiger partial charge in [0.25, 0.3) is 5.91 Å². The monoisotopic (exact) mass is 345 g/mol. The minimum atomic E-state index is -3.89. The molecule has 21 heavy (non-hydrogen) atoms. The van der Waals surface area contributed by atoms with Gasteiger partial charge < -0.3 is 5.32 Å². The molecule has 3 N–H and O–H groups in total. The van der Waals surface area contributed by atoms with E-state index in [-0.39, 0.29) is 21.3 Å². The average Bonchev–Trinajstić information content (AvgIpc) is 2.40. The van der Waals surface area contributed by atoms with Crippen molar-refractivity contribution in [1.29, 1.82) is 0 Å². The summed E-state index contributed by atoms with van der Waals surface area (Å²) in [5.41, 5.74) is 0.224. The molecule has 0 aliphatic carbocycles. The fourth-order valence-corrected chi connectivity index (χ4v) is 2.29. The Morgan fingerprint density at radius 2 is 1.90 bits per heavy atom. The number of nitrogens with zero attached hydrogens (tertiary/aromatic N) is 1. The Labute approximate surface area is 130 Å². The summed E-state index contributed by atoms with van der Waals surface area (Å²) in [5, 5.41) is 8.05. The number of sulfonamides is 1. The lowest BCUT2D eigenvalue weighted by Gasteiger charge is -2.08. The molecule has 0 bridgehead atoms. The summed E-state index contributed by atoms with van der Waals surface area (Å²) in [6.07, 6.45) is 1.32. The Kier molecular flexibility index (Phi) is 4.48. The number of hydrogen-bond donors (Lipinski definition) is 2. The number of aromatic nitrogens is 1. The van der Waals surface area contributed by atoms with Crippen molar-refractivity contribution in [3.8, 4) is 0 Å². The predicted octanol–water partition coefficient (Wildman–Crippen LogP) is 2.29. The van der Waals surface area contributed by atoms with Gasteiger partial charge in [0.2, 0.25) is 10.0 Å². The van der Waals surface area contributed by atoms with Gasteiger partial charge in [0, 0.05) is 6.20 Å². The molecule has 1 amide bonds. The second-order valence-electron chi connectivity index (χ2n) is 4.00. The summed E-state index contributed by atoms with van der Waals surface area (Å²) in [6.45, 7) is 0. The van der Waals surface area contributed by atoms with Gasteiger partial charge in [-0.05, 0) is 30.3 Å². The highest BCUT2D eigenvalue weighted by Gasteiger charge is 2.14. The van der Waals surface area contributed by atoms with Crippen LogP contribution in [0.25, 0.3) is 0 Å². The van der Waals surface area contributed by atoms with Gasteiger partial charge in [-0.15, -0.1) is 0 Å². The second kappa shape index (κ2) is 5.98. The Morgan fingerprint density at radius 1 is 1.19 bits per heavy atom. The molecule has 9 heteroatoms. The van der Waals surface area contributed by atoms with Crippen molar-refractivity contribution in [3.05, 3.63) is 52.3 Å². The number of nitrogens with two attached hydrogens (primary N) is 1. The molecule has 110 valence electrons. The minimum absolute atomic E-state index is 0.108. The highest BCUT2D eigenvalue weighted by molar-refractivity contribution is 7.89. The standard InChI is InChI=1S/C12H9Cl2N3O3S/c13-7-1-4-10(16-6-7)12(18)17-11-5-8(21(15,19)20)2-3-9(11)14/h1-6H,(H,17,18)(H2,15,19,20). The molecule has 0 spiro atoms. The third-order valence-electron chi connectivity index (χ3n) is 2.47. The van der Waals surface area contributed by atoms with Crippen LogP contribution in [0.2, 0.25) is 10.0 Å². The molecule has 6 nitrogen and oxygen atoms in total. The molecular weight excluding hydrogens is 337 g/mol. The zero-order valence-electron chi connectivity index (χ0n) is 10.4. The number of anilines is 1. The summed E-state index contributed by atoms with van der Waals surface area (Å²) >= 11 is 11.6. The number of rotatable bonds is 3. The van der Waals surface area contributed by atoms with Gasteiger partial charge in [0.1, 0.15) is 5.69 Å². The number of pyridine rings is 1. The smallest absolute Gasteiger partial charge is 0.274 e. The van der Waals surface area contributed by atoms with E-state index < -0.39 is 15.9 Å². The lowest BCUT2D eigenvalue weighted by molar-refractivity contribution is 0.102. The van der Waals surface area contributed by atoms with E-state index in [9.17, 15) is 13.2 Å². The molecule has 1 aromatic heterocycles. The maximum Gasteiger partial charge on any atom is 0.274 e. The van der Waals surface area contributed by atoms with Crippen LogP contribution in [0.4, 0.5) is 5.69 Å². The summed E-state index contributed by atoms with van der Waals surface area (Å²) < 4.78 is 22.6. The largest absolute Gasteiger partial charge is 0.319 e.